The molecule has 1 aliphatic rings. The van der Waals surface area contributed by atoms with E-state index in [9.17, 15) is 68.1 Å². The number of hydrogen-bond donors (Lipinski definition) is 10. The zero-order chi connectivity index (χ0) is 101. The molecule has 0 saturated carbocycles. The van der Waals surface area contributed by atoms with Gasteiger partial charge in [-0.15, -0.1) is 0 Å². The number of carbonyl (C=O) groups is 3. The number of benzene rings is 5. The molecule has 11 aromatic heterocycles. The molecule has 52 heteroatoms. The van der Waals surface area contributed by atoms with Gasteiger partial charge in [0.15, 0.2) is 120 Å². The van der Waals surface area contributed by atoms with Crippen LogP contribution in [0, 0.1) is 102 Å². The van der Waals surface area contributed by atoms with Gasteiger partial charge in [-0.05, 0) is 208 Å². The summed E-state index contributed by atoms with van der Waals surface area (Å²) in [6.45, 7) is 6.77. The number of nitrogens with two attached hydrogens (primary N) is 7. The Bertz CT molecular complexity index is 7490. The van der Waals surface area contributed by atoms with Crippen molar-refractivity contribution < 1.29 is 82.7 Å². The summed E-state index contributed by atoms with van der Waals surface area (Å²) >= 11 is 31.4. The van der Waals surface area contributed by atoms with E-state index < -0.39 is 88.3 Å². The van der Waals surface area contributed by atoms with Crippen molar-refractivity contribution in [3.05, 3.63) is 284 Å². The van der Waals surface area contributed by atoms with E-state index in [1.54, 1.807) is 61.3 Å². The lowest BCUT2D eigenvalue weighted by Crippen LogP contribution is -2.32. The highest BCUT2D eigenvalue weighted by Crippen LogP contribution is 2.61. The quantitative estimate of drug-likeness (QED) is 0.0235. The fraction of sp³-hybridized carbons (Fsp3) is 0.126. The van der Waals surface area contributed by atoms with Crippen LogP contribution in [-0.2, 0) is 20.6 Å². The molecule has 16 aromatic rings. The number of pyridine rings is 3. The Labute approximate surface area is 810 Å². The fourth-order valence-corrected chi connectivity index (χ4v) is 13.2. The minimum absolute atomic E-state index is 0. The van der Waals surface area contributed by atoms with Crippen LogP contribution in [0.1, 0.15) is 75.4 Å². The largest absolute Gasteiger partial charge is 0.489 e. The summed E-state index contributed by atoms with van der Waals surface area (Å²) in [5, 5.41) is 40.7. The van der Waals surface area contributed by atoms with Crippen LogP contribution in [0.4, 0.5) is 73.0 Å². The normalized spacial score (nSPS) is 11.8. The molecule has 17 rings (SSSR count). The number of anilines is 5. The van der Waals surface area contributed by atoms with Crippen molar-refractivity contribution in [3.63, 3.8) is 0 Å². The number of amides is 1. The maximum Gasteiger partial charge on any atom is 0.489 e. The third-order valence-electron chi connectivity index (χ3n) is 19.3. The van der Waals surface area contributed by atoms with Crippen LogP contribution in [0.3, 0.4) is 0 Å². The molecule has 12 heterocycles. The number of carboxylic acids is 1. The number of imidazole rings is 3. The Kier molecular flexibility index (Phi) is 36.7. The van der Waals surface area contributed by atoms with E-state index in [2.05, 4.69) is 103 Å². The van der Waals surface area contributed by atoms with Crippen LogP contribution in [0.2, 0.25) is 15.5 Å². The van der Waals surface area contributed by atoms with Gasteiger partial charge in [0, 0.05) is 99.8 Å². The second kappa shape index (κ2) is 47.3. The maximum absolute atomic E-state index is 13.8. The Morgan fingerprint density at radius 2 is 0.784 bits per heavy atom. The number of nitrogen functional groups attached to an aromatic ring is 5. The third-order valence-corrected chi connectivity index (χ3v) is 20.1. The first-order chi connectivity index (χ1) is 65.2. The van der Waals surface area contributed by atoms with E-state index in [1.807, 2.05) is 70.3 Å². The number of aryl methyl sites for hydroxylation is 3. The molecule has 34 nitrogen and oxygen atoms in total. The predicted octanol–water partition coefficient (Wildman–Crippen LogP) is 16.2. The number of rotatable bonds is 12. The summed E-state index contributed by atoms with van der Waals surface area (Å²) in [7, 11) is 1.58. The first-order valence-electron chi connectivity index (χ1n) is 39.0. The summed E-state index contributed by atoms with van der Waals surface area (Å²) in [6.07, 6.45) is 12.4. The van der Waals surface area contributed by atoms with Gasteiger partial charge in [-0.3, -0.25) is 19.1 Å². The molecule has 1 atom stereocenters. The number of hydrogen-bond acceptors (Lipinski definition) is 29. The zero-order valence-corrected chi connectivity index (χ0v) is 76.9. The number of fused-ring (bicyclic) bond motifs is 3. The molecule has 1 fully saturated rings. The van der Waals surface area contributed by atoms with Gasteiger partial charge in [-0.2, -0.15) is 10.5 Å². The Hall–Kier alpha value is -14.9. The molecule has 139 heavy (non-hydrogen) atoms. The number of nitrogens with zero attached hydrogens (tertiary/aromatic N) is 19. The second-order valence-electron chi connectivity index (χ2n) is 28.6. The number of nitriles is 2. The van der Waals surface area contributed by atoms with Crippen molar-refractivity contribution >= 4 is 150 Å². The number of methoxy groups -OCH3 is 1. The summed E-state index contributed by atoms with van der Waals surface area (Å²) in [4.78, 5) is 87.5. The average Bonchev–Trinajstić information content (AvgIpc) is 1.74. The monoisotopic (exact) mass is 2050 g/mol. The Morgan fingerprint density at radius 3 is 1.12 bits per heavy atom. The standard InChI is InChI=1S/C19H16F2N6.C19H12F2N6.C12H8ClF2N3O2.C11H7ClF2N4O.C11H5ClF2N4.C8H9BN2O2.C6H11NO2.CH4.Cl3OP/c2*1-10-8-24-16-5-3-12(9-27(10)16)18-17(26-19(23)15(7-22)25-18)11-2-4-13(20)14(21)6-11;1-20-12(19)9-11(16)18-8(10(13)17-9)5-2-3-6(14)7(15)4-5;12-9-7(4-1-2-5(13)6(14)3-4)18-10(15)8(17-9)11(16)19;12-10-9(18-11(16)8(4-15)17-10)5-1-2-6(13)7(14)3-5;1-6-4-10-8-3-2-7(9(12)13)5-11(6)8;1-7-4-2-3-5(7)6(8)9;;1-5(2,3)4/h2-6,8-9H,7,22H2,1H3,(H2,23,26);2-6,8-9H,1H3,(H2,23,26);2-4H,1H3,(H2,16,18);1-3H,(H2,15,18)(H2,16,19);1-3H,(H2,16,18);2-5,12-13H,1H3;5H,2-4H2,1H3,(H,8,9);1H4;/t;;;;;;5-;;/m......1../s1. The van der Waals surface area contributed by atoms with Gasteiger partial charge in [0.05, 0.1) is 35.6 Å². The number of primary amides is 1. The number of carbonyl (C=O) groups excluding carboxylic acids is 2. The van der Waals surface area contributed by atoms with Gasteiger partial charge in [0.2, 0.25) is 0 Å². The first kappa shape index (κ1) is 108. The SMILES string of the molecule is C.CN1CCC[C@@H]1C(=O)O.COC(=O)c1nc(Cl)c(-c2ccc(F)c(F)c2)nc1N.Cc1cnc2ccc(-c3nc(C#N)c(N)nc3-c3ccc(F)c(F)c3)cn12.Cc1cnc2ccc(-c3nc(CN)c(N)nc3-c3ccc(F)c(F)c3)cn12.Cc1cnc2ccc(B(O)O)cn12.N#Cc1nc(Cl)c(-c2ccc(F)c(F)c2)nc1N.NC(=O)c1nc(Cl)c(-c2ccc(F)c(F)c2)nc1N.O=P(Cl)(Cl)Cl. The van der Waals surface area contributed by atoms with Crippen LogP contribution < -0.4 is 45.6 Å². The molecule has 718 valence electrons. The van der Waals surface area contributed by atoms with Crippen LogP contribution >= 0.6 is 73.7 Å². The average molecular weight is 2050 g/mol. The molecule has 0 unspecified atom stereocenters. The van der Waals surface area contributed by atoms with E-state index in [1.165, 1.54) is 30.3 Å². The minimum Gasteiger partial charge on any atom is -0.480 e. The molecular formula is C87H72BCl6F10N26O8P. The van der Waals surface area contributed by atoms with Gasteiger partial charge in [0.25, 0.3) is 5.91 Å². The molecule has 0 aliphatic carbocycles. The molecule has 17 N–H and O–H groups in total. The second-order valence-corrected chi connectivity index (χ2v) is 36.3. The molecule has 5 aromatic carbocycles. The highest BCUT2D eigenvalue weighted by atomic mass is 36.0. The van der Waals surface area contributed by atoms with Gasteiger partial charge in [-0.1, -0.05) is 48.3 Å². The lowest BCUT2D eigenvalue weighted by Gasteiger charge is -2.13. The van der Waals surface area contributed by atoms with Crippen LogP contribution in [-0.4, -0.2) is 150 Å². The number of likely N-dealkylation sites (N-methyl/N-ethyl adjacent to an activating group) is 1. The van der Waals surface area contributed by atoms with Gasteiger partial charge < -0.3 is 73.2 Å². The lowest BCUT2D eigenvalue weighted by atomic mass is 9.82. The highest BCUT2D eigenvalue weighted by Gasteiger charge is 2.28. The van der Waals surface area contributed by atoms with Crippen molar-refractivity contribution in [2.75, 3.05) is 49.4 Å². The fourth-order valence-electron chi connectivity index (χ4n) is 12.5. The lowest BCUT2D eigenvalue weighted by molar-refractivity contribution is -0.141. The number of aromatic nitrogens is 16. The van der Waals surface area contributed by atoms with Crippen molar-refractivity contribution in [2.24, 2.45) is 11.5 Å². The number of halogens is 16. The van der Waals surface area contributed by atoms with Crippen LogP contribution in [0.15, 0.2) is 165 Å². The number of carboxylic acid groups (broad SMARTS) is 1. The molecule has 0 radical (unpaired) electrons. The van der Waals surface area contributed by atoms with E-state index in [4.69, 9.17) is 95.4 Å². The highest BCUT2D eigenvalue weighted by molar-refractivity contribution is 8.24. The summed E-state index contributed by atoms with van der Waals surface area (Å²) < 4.78 is 152. The predicted molar refractivity (Wildman–Crippen MR) is 504 cm³/mol. The van der Waals surface area contributed by atoms with E-state index in [0.717, 1.165) is 127 Å². The number of aliphatic carboxylic acids is 1. The van der Waals surface area contributed by atoms with Gasteiger partial charge in [-0.25, -0.2) is 113 Å². The van der Waals surface area contributed by atoms with Crippen LogP contribution in [0.25, 0.3) is 95.7 Å². The topological polar surface area (TPSA) is 552 Å². The van der Waals surface area contributed by atoms with E-state index >= 15 is 0 Å². The minimum atomic E-state index is -3.22. The van der Waals surface area contributed by atoms with Crippen molar-refractivity contribution in [1.82, 2.24) is 82.9 Å². The number of esters is 1. The third kappa shape index (κ3) is 27.1. The van der Waals surface area contributed by atoms with Crippen molar-refractivity contribution in [3.8, 4) is 90.9 Å². The summed E-state index contributed by atoms with van der Waals surface area (Å²) in [6, 6.07) is 30.4. The zero-order valence-electron chi connectivity index (χ0n) is 71.5. The molecule has 1 aliphatic heterocycles. The number of likely N-dealkylation sites (tertiary alicyclic amines) is 1. The van der Waals surface area contributed by atoms with Gasteiger partial charge >= 0.3 is 24.3 Å². The summed E-state index contributed by atoms with van der Waals surface area (Å²) in [5.74, 6) is -12.9. The molecule has 1 amide bonds. The molecule has 0 spiro atoms. The van der Waals surface area contributed by atoms with Crippen LogP contribution in [0.5, 0.6) is 0 Å². The Balaban J connectivity index is 0.000000183. The van der Waals surface area contributed by atoms with E-state index in [0.29, 0.717) is 44.9 Å². The van der Waals surface area contributed by atoms with Crippen molar-refractivity contribution in [2.45, 2.75) is 53.6 Å². The molecular weight excluding hydrogens is 1980 g/mol. The first-order valence-corrected chi connectivity index (χ1v) is 44.6. The van der Waals surface area contributed by atoms with Gasteiger partial charge in [0.1, 0.15) is 58.0 Å². The molecule has 0 bridgehead atoms. The maximum atomic E-state index is 13.8. The number of ether oxygens (including phenoxy) is 1. The smallest absolute Gasteiger partial charge is 0.480 e. The Morgan fingerprint density at radius 1 is 0.468 bits per heavy atom. The van der Waals surface area contributed by atoms with E-state index in [-0.39, 0.29) is 127 Å². The molecule has 1 saturated heterocycles. The summed E-state index contributed by atoms with van der Waals surface area (Å²) in [5.41, 5.74) is 48.6. The van der Waals surface area contributed by atoms with Crippen molar-refractivity contribution in [1.29, 1.82) is 10.5 Å².